The Bertz CT molecular complexity index is 385. The quantitative estimate of drug-likeness (QED) is 0.527. The molecule has 0 saturated carbocycles. The van der Waals surface area contributed by atoms with Crippen molar-refractivity contribution in [2.45, 2.75) is 0 Å². The van der Waals surface area contributed by atoms with Crippen LogP contribution in [0.2, 0.25) is 0 Å². The molecule has 2 rings (SSSR count). The number of aromatic nitrogens is 2. The molecule has 0 amide bonds. The number of thioether (sulfide) groups is 1. The van der Waals surface area contributed by atoms with Crippen molar-refractivity contribution in [3.05, 3.63) is 12.0 Å². The molecule has 8 heteroatoms. The lowest BCUT2D eigenvalue weighted by atomic mass is 10.4. The summed E-state index contributed by atoms with van der Waals surface area (Å²) in [7, 11) is 0. The molecule has 1 aliphatic rings. The summed E-state index contributed by atoms with van der Waals surface area (Å²) in [5.41, 5.74) is 2.29. The summed E-state index contributed by atoms with van der Waals surface area (Å²) in [6.07, 6.45) is 1.10. The van der Waals surface area contributed by atoms with Crippen molar-refractivity contribution in [2.75, 3.05) is 48.4 Å². The van der Waals surface area contributed by atoms with Crippen molar-refractivity contribution in [1.29, 1.82) is 0 Å². The highest BCUT2D eigenvalue weighted by molar-refractivity contribution is 7.99. The molecular weight excluding hydrogens is 255 g/mol. The number of hydrogen-bond donors (Lipinski definition) is 3. The van der Waals surface area contributed by atoms with Gasteiger partial charge >= 0.3 is 0 Å². The van der Waals surface area contributed by atoms with Crippen LogP contribution in [0, 0.1) is 5.82 Å². The minimum Gasteiger partial charge on any atom is -0.366 e. The predicted molar refractivity (Wildman–Crippen MR) is 72.1 cm³/mol. The normalized spacial score (nSPS) is 16.6. The Labute approximate surface area is 110 Å². The number of hydrazine groups is 1. The average Bonchev–Trinajstić information content (AvgIpc) is 2.42. The Morgan fingerprint density at radius 3 is 2.94 bits per heavy atom. The number of halogens is 1. The third-order valence-electron chi connectivity index (χ3n) is 2.70. The third kappa shape index (κ3) is 3.69. The largest absolute Gasteiger partial charge is 0.366 e. The van der Waals surface area contributed by atoms with Crippen LogP contribution in [-0.2, 0) is 0 Å². The molecule has 100 valence electrons. The molecule has 0 aromatic carbocycles. The van der Waals surface area contributed by atoms with E-state index in [0.29, 0.717) is 6.54 Å². The molecule has 0 bridgehead atoms. The van der Waals surface area contributed by atoms with Crippen molar-refractivity contribution in [3.8, 4) is 0 Å². The first kappa shape index (κ1) is 13.3. The number of hydrogen-bond acceptors (Lipinski definition) is 7. The monoisotopic (exact) mass is 272 g/mol. The first-order valence-electron chi connectivity index (χ1n) is 5.82. The molecule has 2 heterocycles. The fourth-order valence-electron chi connectivity index (χ4n) is 1.72. The fourth-order valence-corrected chi connectivity index (χ4v) is 2.70. The van der Waals surface area contributed by atoms with Gasteiger partial charge in [0.2, 0.25) is 5.95 Å². The van der Waals surface area contributed by atoms with E-state index >= 15 is 0 Å². The average molecular weight is 272 g/mol. The lowest BCUT2D eigenvalue weighted by Crippen LogP contribution is -2.36. The number of anilines is 2. The number of nitrogen functional groups attached to an aromatic ring is 1. The van der Waals surface area contributed by atoms with Crippen LogP contribution in [-0.4, -0.2) is 52.6 Å². The standard InChI is InChI=1S/C10H17FN6S/c11-8-7-14-10(16-12)15-9(8)13-1-2-17-3-5-18-6-4-17/h7H,1-6,12H2,(H2,13,14,15,16). The number of nitrogens with one attached hydrogen (secondary N) is 2. The van der Waals surface area contributed by atoms with E-state index in [9.17, 15) is 4.39 Å². The van der Waals surface area contributed by atoms with E-state index in [0.717, 1.165) is 25.8 Å². The van der Waals surface area contributed by atoms with Gasteiger partial charge in [0.05, 0.1) is 6.20 Å². The van der Waals surface area contributed by atoms with Crippen LogP contribution < -0.4 is 16.6 Å². The smallest absolute Gasteiger partial charge is 0.239 e. The van der Waals surface area contributed by atoms with Gasteiger partial charge in [-0.05, 0) is 0 Å². The maximum absolute atomic E-state index is 13.4. The Kier molecular flexibility index (Phi) is 4.97. The van der Waals surface area contributed by atoms with Gasteiger partial charge in [0, 0.05) is 37.7 Å². The number of nitrogens with zero attached hydrogens (tertiary/aromatic N) is 3. The van der Waals surface area contributed by atoms with E-state index in [-0.39, 0.29) is 11.8 Å². The van der Waals surface area contributed by atoms with Crippen LogP contribution in [0.3, 0.4) is 0 Å². The van der Waals surface area contributed by atoms with Crippen molar-refractivity contribution in [2.24, 2.45) is 5.84 Å². The van der Waals surface area contributed by atoms with E-state index < -0.39 is 5.82 Å². The fraction of sp³-hybridized carbons (Fsp3) is 0.600. The van der Waals surface area contributed by atoms with Crippen molar-refractivity contribution in [1.82, 2.24) is 14.9 Å². The van der Waals surface area contributed by atoms with Gasteiger partial charge in [-0.3, -0.25) is 10.3 Å². The van der Waals surface area contributed by atoms with Gasteiger partial charge in [0.1, 0.15) is 0 Å². The molecule has 6 nitrogen and oxygen atoms in total. The molecule has 1 aliphatic heterocycles. The summed E-state index contributed by atoms with van der Waals surface area (Å²) in [5, 5.41) is 2.96. The van der Waals surface area contributed by atoms with Crippen LogP contribution in [0.15, 0.2) is 6.20 Å². The van der Waals surface area contributed by atoms with Gasteiger partial charge in [0.25, 0.3) is 0 Å². The number of nitrogens with two attached hydrogens (primary N) is 1. The highest BCUT2D eigenvalue weighted by atomic mass is 32.2. The summed E-state index contributed by atoms with van der Waals surface area (Å²) < 4.78 is 13.4. The van der Waals surface area contributed by atoms with Crippen LogP contribution >= 0.6 is 11.8 Å². The Balaban J connectivity index is 1.81. The van der Waals surface area contributed by atoms with Gasteiger partial charge in [-0.2, -0.15) is 16.7 Å². The van der Waals surface area contributed by atoms with E-state index in [1.54, 1.807) is 0 Å². The van der Waals surface area contributed by atoms with Gasteiger partial charge < -0.3 is 5.32 Å². The second-order valence-electron chi connectivity index (χ2n) is 3.92. The molecule has 0 unspecified atom stereocenters. The zero-order valence-corrected chi connectivity index (χ0v) is 10.8. The molecule has 4 N–H and O–H groups in total. The van der Waals surface area contributed by atoms with Gasteiger partial charge in [-0.1, -0.05) is 0 Å². The maximum Gasteiger partial charge on any atom is 0.239 e. The SMILES string of the molecule is NNc1ncc(F)c(NCCN2CCSCC2)n1. The summed E-state index contributed by atoms with van der Waals surface area (Å²) in [6.45, 7) is 3.72. The summed E-state index contributed by atoms with van der Waals surface area (Å²) in [5.74, 6) is 7.44. The molecule has 1 aromatic rings. The summed E-state index contributed by atoms with van der Waals surface area (Å²) >= 11 is 1.97. The molecular formula is C10H17FN6S. The predicted octanol–water partition coefficient (Wildman–Crippen LogP) is 0.362. The molecule has 1 fully saturated rings. The van der Waals surface area contributed by atoms with Crippen molar-refractivity contribution in [3.63, 3.8) is 0 Å². The minimum absolute atomic E-state index is 0.185. The van der Waals surface area contributed by atoms with E-state index in [2.05, 4.69) is 25.6 Å². The van der Waals surface area contributed by atoms with Gasteiger partial charge in [-0.25, -0.2) is 15.2 Å². The van der Waals surface area contributed by atoms with Crippen LogP contribution in [0.1, 0.15) is 0 Å². The Hall–Kier alpha value is -1.12. The van der Waals surface area contributed by atoms with Gasteiger partial charge in [-0.15, -0.1) is 0 Å². The Morgan fingerprint density at radius 2 is 2.22 bits per heavy atom. The first-order valence-corrected chi connectivity index (χ1v) is 6.98. The summed E-state index contributed by atoms with van der Waals surface area (Å²) in [4.78, 5) is 9.95. The molecule has 1 saturated heterocycles. The second kappa shape index (κ2) is 6.72. The van der Waals surface area contributed by atoms with E-state index in [1.807, 2.05) is 11.8 Å². The van der Waals surface area contributed by atoms with Crippen molar-refractivity contribution < 1.29 is 4.39 Å². The maximum atomic E-state index is 13.4. The zero-order valence-electron chi connectivity index (χ0n) is 10.0. The molecule has 0 aliphatic carbocycles. The molecule has 0 atom stereocenters. The van der Waals surface area contributed by atoms with Gasteiger partial charge in [0.15, 0.2) is 11.6 Å². The number of rotatable bonds is 5. The first-order chi connectivity index (χ1) is 8.79. The highest BCUT2D eigenvalue weighted by Gasteiger charge is 2.10. The second-order valence-corrected chi connectivity index (χ2v) is 5.14. The zero-order chi connectivity index (χ0) is 12.8. The lowest BCUT2D eigenvalue weighted by Gasteiger charge is -2.26. The molecule has 0 radical (unpaired) electrons. The molecule has 18 heavy (non-hydrogen) atoms. The van der Waals surface area contributed by atoms with Crippen LogP contribution in [0.25, 0.3) is 0 Å². The minimum atomic E-state index is -0.469. The Morgan fingerprint density at radius 1 is 1.44 bits per heavy atom. The van der Waals surface area contributed by atoms with Crippen LogP contribution in [0.4, 0.5) is 16.2 Å². The van der Waals surface area contributed by atoms with Crippen molar-refractivity contribution >= 4 is 23.5 Å². The third-order valence-corrected chi connectivity index (χ3v) is 3.64. The molecule has 0 spiro atoms. The van der Waals surface area contributed by atoms with E-state index in [1.165, 1.54) is 11.5 Å². The topological polar surface area (TPSA) is 79.1 Å². The highest BCUT2D eigenvalue weighted by Crippen LogP contribution is 2.12. The summed E-state index contributed by atoms with van der Waals surface area (Å²) in [6, 6.07) is 0. The molecule has 1 aromatic heterocycles. The van der Waals surface area contributed by atoms with E-state index in [4.69, 9.17) is 5.84 Å². The van der Waals surface area contributed by atoms with Crippen LogP contribution in [0.5, 0.6) is 0 Å². The lowest BCUT2D eigenvalue weighted by molar-refractivity contribution is 0.314.